The minimum atomic E-state index is -0.438. The molecule has 4 saturated carbocycles. The van der Waals surface area contributed by atoms with E-state index in [1.54, 1.807) is 23.6 Å². The number of carbonyl (C=O) groups excluding carboxylic acids is 2. The molecule has 7 nitrogen and oxygen atoms in total. The van der Waals surface area contributed by atoms with Crippen molar-refractivity contribution in [1.82, 2.24) is 20.9 Å². The Balaban J connectivity index is 1.02. The van der Waals surface area contributed by atoms with Crippen LogP contribution in [0.5, 0.6) is 5.75 Å². The van der Waals surface area contributed by atoms with Crippen LogP contribution in [0.3, 0.4) is 0 Å². The molecule has 0 saturated heterocycles. The minimum Gasteiger partial charge on any atom is -0.483 e. The number of carbonyl (C=O) groups is 2. The lowest BCUT2D eigenvalue weighted by atomic mass is 9.53. The number of hydrogen-bond acceptors (Lipinski definition) is 5. The molecule has 33 heavy (non-hydrogen) atoms. The van der Waals surface area contributed by atoms with Crippen LogP contribution in [0.4, 0.5) is 9.18 Å². The third kappa shape index (κ3) is 5.13. The van der Waals surface area contributed by atoms with Gasteiger partial charge in [-0.15, -0.1) is 11.3 Å². The van der Waals surface area contributed by atoms with Gasteiger partial charge in [-0.25, -0.2) is 14.2 Å². The molecule has 3 amide bonds. The summed E-state index contributed by atoms with van der Waals surface area (Å²) in [5.41, 5.74) is 0.259. The second-order valence-electron chi connectivity index (χ2n) is 9.68. The molecule has 1 aromatic heterocycles. The SMILES string of the molecule is O=C(NCCNC(=O)c1csc(COc2ccccc2F)n1)NC12CC3CC(CC(C3)C1)C2. The van der Waals surface area contributed by atoms with Crippen LogP contribution in [0, 0.1) is 23.6 Å². The average molecular weight is 473 g/mol. The Bertz CT molecular complexity index is 991. The van der Waals surface area contributed by atoms with E-state index in [4.69, 9.17) is 4.74 Å². The molecule has 176 valence electrons. The summed E-state index contributed by atoms with van der Waals surface area (Å²) in [4.78, 5) is 29.1. The molecule has 0 unspecified atom stereocenters. The Morgan fingerprint density at radius 2 is 1.73 bits per heavy atom. The van der Waals surface area contributed by atoms with Crippen LogP contribution >= 0.6 is 11.3 Å². The fourth-order valence-electron chi connectivity index (χ4n) is 6.17. The fraction of sp³-hybridized carbons (Fsp3) is 0.542. The summed E-state index contributed by atoms with van der Waals surface area (Å²) in [5.74, 6) is 1.72. The van der Waals surface area contributed by atoms with Crippen LogP contribution < -0.4 is 20.7 Å². The number of nitrogens with one attached hydrogen (secondary N) is 3. The van der Waals surface area contributed by atoms with Crippen molar-refractivity contribution in [1.29, 1.82) is 0 Å². The van der Waals surface area contributed by atoms with E-state index < -0.39 is 5.82 Å². The smallest absolute Gasteiger partial charge is 0.315 e. The molecule has 0 spiro atoms. The predicted molar refractivity (Wildman–Crippen MR) is 123 cm³/mol. The Labute approximate surface area is 196 Å². The van der Waals surface area contributed by atoms with Crippen LogP contribution in [0.15, 0.2) is 29.6 Å². The van der Waals surface area contributed by atoms with Crippen molar-refractivity contribution in [3.05, 3.63) is 46.2 Å². The molecular weight excluding hydrogens is 443 g/mol. The standard InChI is InChI=1S/C24H29FN4O3S/c25-18-3-1-2-4-20(18)32-13-21-28-19(14-33-21)22(30)26-5-6-27-23(31)29-24-10-15-7-16(11-24)9-17(8-15)12-24/h1-4,14-17H,5-13H2,(H,26,30)(H2,27,29,31). The van der Waals surface area contributed by atoms with Gasteiger partial charge in [-0.05, 0) is 68.4 Å². The first-order valence-electron chi connectivity index (χ1n) is 11.6. The molecule has 0 radical (unpaired) electrons. The van der Waals surface area contributed by atoms with Gasteiger partial charge in [0, 0.05) is 24.0 Å². The first kappa shape index (κ1) is 22.1. The summed E-state index contributed by atoms with van der Waals surface area (Å²) in [6, 6.07) is 6.01. The van der Waals surface area contributed by atoms with Gasteiger partial charge in [0.1, 0.15) is 17.3 Å². The monoisotopic (exact) mass is 472 g/mol. The number of nitrogens with zero attached hydrogens (tertiary/aromatic N) is 1. The van der Waals surface area contributed by atoms with Gasteiger partial charge in [0.2, 0.25) is 0 Å². The number of hydrogen-bond donors (Lipinski definition) is 3. The van der Waals surface area contributed by atoms with Gasteiger partial charge >= 0.3 is 6.03 Å². The lowest BCUT2D eigenvalue weighted by molar-refractivity contribution is -0.0135. The third-order valence-corrected chi connectivity index (χ3v) is 7.91. The maximum atomic E-state index is 13.6. The number of benzene rings is 1. The Hall–Kier alpha value is -2.68. The van der Waals surface area contributed by atoms with Crippen molar-refractivity contribution in [2.75, 3.05) is 13.1 Å². The van der Waals surface area contributed by atoms with Gasteiger partial charge in [0.05, 0.1) is 0 Å². The van der Waals surface area contributed by atoms with Crippen molar-refractivity contribution < 1.29 is 18.7 Å². The number of halogens is 1. The zero-order valence-corrected chi connectivity index (χ0v) is 19.3. The van der Waals surface area contributed by atoms with Gasteiger partial charge in [-0.3, -0.25) is 4.79 Å². The first-order valence-corrected chi connectivity index (χ1v) is 12.5. The summed E-state index contributed by atoms with van der Waals surface area (Å²) in [6.45, 7) is 0.744. The summed E-state index contributed by atoms with van der Waals surface area (Å²) in [5, 5.41) is 11.1. The van der Waals surface area contributed by atoms with Gasteiger partial charge in [-0.1, -0.05) is 12.1 Å². The van der Waals surface area contributed by atoms with Crippen LogP contribution in [-0.2, 0) is 6.61 Å². The maximum absolute atomic E-state index is 13.6. The Morgan fingerprint density at radius 1 is 1.06 bits per heavy atom. The second kappa shape index (κ2) is 9.29. The summed E-state index contributed by atoms with van der Waals surface area (Å²) >= 11 is 1.28. The lowest BCUT2D eigenvalue weighted by Gasteiger charge is -2.56. The summed E-state index contributed by atoms with van der Waals surface area (Å²) < 4.78 is 19.1. The number of thiazole rings is 1. The largest absolute Gasteiger partial charge is 0.483 e. The molecule has 1 heterocycles. The predicted octanol–water partition coefficient (Wildman–Crippen LogP) is 3.86. The average Bonchev–Trinajstić information content (AvgIpc) is 3.24. The molecule has 1 aromatic carbocycles. The molecule has 2 aromatic rings. The number of amides is 3. The van der Waals surface area contributed by atoms with Crippen molar-refractivity contribution in [2.24, 2.45) is 17.8 Å². The highest BCUT2D eigenvalue weighted by Crippen LogP contribution is 2.55. The summed E-state index contributed by atoms with van der Waals surface area (Å²) in [7, 11) is 0. The molecular formula is C24H29FN4O3S. The molecule has 3 N–H and O–H groups in total. The van der Waals surface area contributed by atoms with E-state index in [9.17, 15) is 14.0 Å². The van der Waals surface area contributed by atoms with E-state index in [0.29, 0.717) is 18.1 Å². The molecule has 0 atom stereocenters. The van der Waals surface area contributed by atoms with Gasteiger partial charge in [0.25, 0.3) is 5.91 Å². The molecule has 9 heteroatoms. The normalized spacial score (nSPS) is 27.2. The second-order valence-corrected chi connectivity index (χ2v) is 10.6. The number of aromatic nitrogens is 1. The van der Waals surface area contributed by atoms with Gasteiger partial charge in [0.15, 0.2) is 11.6 Å². The zero-order valence-electron chi connectivity index (χ0n) is 18.4. The van der Waals surface area contributed by atoms with Crippen LogP contribution in [0.1, 0.15) is 54.0 Å². The Morgan fingerprint density at radius 3 is 2.42 bits per heavy atom. The number of urea groups is 1. The van der Waals surface area contributed by atoms with E-state index in [0.717, 1.165) is 37.0 Å². The van der Waals surface area contributed by atoms with E-state index in [2.05, 4.69) is 20.9 Å². The molecule has 4 aliphatic carbocycles. The molecule has 0 aliphatic heterocycles. The minimum absolute atomic E-state index is 0.0240. The molecule has 4 bridgehead atoms. The van der Waals surface area contributed by atoms with E-state index in [-0.39, 0.29) is 35.5 Å². The first-order chi connectivity index (χ1) is 16.0. The van der Waals surface area contributed by atoms with Crippen molar-refractivity contribution in [3.8, 4) is 5.75 Å². The highest BCUT2D eigenvalue weighted by molar-refractivity contribution is 7.09. The van der Waals surface area contributed by atoms with Crippen LogP contribution in [-0.4, -0.2) is 35.6 Å². The number of para-hydroxylation sites is 1. The van der Waals surface area contributed by atoms with Crippen molar-refractivity contribution >= 4 is 23.3 Å². The zero-order chi connectivity index (χ0) is 22.8. The van der Waals surface area contributed by atoms with Crippen LogP contribution in [0.2, 0.25) is 0 Å². The van der Waals surface area contributed by atoms with Crippen LogP contribution in [0.25, 0.3) is 0 Å². The molecule has 4 fully saturated rings. The van der Waals surface area contributed by atoms with Gasteiger partial charge < -0.3 is 20.7 Å². The van der Waals surface area contributed by atoms with E-state index in [1.165, 1.54) is 36.7 Å². The topological polar surface area (TPSA) is 92.4 Å². The quantitative estimate of drug-likeness (QED) is 0.509. The van der Waals surface area contributed by atoms with E-state index in [1.807, 2.05) is 0 Å². The number of ether oxygens (including phenoxy) is 1. The summed E-state index contributed by atoms with van der Waals surface area (Å²) in [6.07, 6.45) is 7.33. The molecule has 6 rings (SSSR count). The molecule has 4 aliphatic rings. The number of rotatable bonds is 8. The maximum Gasteiger partial charge on any atom is 0.315 e. The third-order valence-electron chi connectivity index (χ3n) is 7.09. The van der Waals surface area contributed by atoms with Gasteiger partial charge in [-0.2, -0.15) is 0 Å². The highest BCUT2D eigenvalue weighted by Gasteiger charge is 2.51. The van der Waals surface area contributed by atoms with Crippen molar-refractivity contribution in [2.45, 2.75) is 50.7 Å². The lowest BCUT2D eigenvalue weighted by Crippen LogP contribution is -2.61. The highest BCUT2D eigenvalue weighted by atomic mass is 32.1. The van der Waals surface area contributed by atoms with E-state index >= 15 is 0 Å². The fourth-order valence-corrected chi connectivity index (χ4v) is 6.86. The Kier molecular flexibility index (Phi) is 6.23. The van der Waals surface area contributed by atoms with Crippen molar-refractivity contribution in [3.63, 3.8) is 0 Å².